The van der Waals surface area contributed by atoms with Crippen LogP contribution < -0.4 is 0 Å². The van der Waals surface area contributed by atoms with Gasteiger partial charge in [0.1, 0.15) is 0 Å². The van der Waals surface area contributed by atoms with Gasteiger partial charge in [0.05, 0.1) is 11.4 Å². The van der Waals surface area contributed by atoms with E-state index in [0.29, 0.717) is 0 Å². The van der Waals surface area contributed by atoms with Crippen molar-refractivity contribution in [2.45, 2.75) is 141 Å². The van der Waals surface area contributed by atoms with Gasteiger partial charge >= 0.3 is 0 Å². The average Bonchev–Trinajstić information content (AvgIpc) is 2.69. The molecule has 0 aromatic rings. The number of hydrogen-bond donors (Lipinski definition) is 2. The molecule has 0 aromatic carbocycles. The normalized spacial score (nSPS) is 22.1. The monoisotopic (exact) mass is 394 g/mol. The number of rotatable bonds is 0. The molecule has 2 saturated carbocycles. The fourth-order valence-corrected chi connectivity index (χ4v) is 4.24. The smallest absolute Gasteiger partial charge is 0.0570 e. The van der Waals surface area contributed by atoms with E-state index in [9.17, 15) is 0 Å². The summed E-state index contributed by atoms with van der Waals surface area (Å²) < 4.78 is 0. The van der Waals surface area contributed by atoms with Crippen molar-refractivity contribution in [1.82, 2.24) is 0 Å². The van der Waals surface area contributed by atoms with E-state index in [4.69, 9.17) is 10.4 Å². The first-order valence-electron chi connectivity index (χ1n) is 12.3. The predicted molar refractivity (Wildman–Crippen MR) is 120 cm³/mol. The fourth-order valence-electron chi connectivity index (χ4n) is 4.24. The Hall–Kier alpha value is -1.06. The van der Waals surface area contributed by atoms with Crippen LogP contribution in [0.15, 0.2) is 10.3 Å². The zero-order valence-corrected chi connectivity index (χ0v) is 18.3. The summed E-state index contributed by atoms with van der Waals surface area (Å²) >= 11 is 0. The van der Waals surface area contributed by atoms with Crippen molar-refractivity contribution in [3.63, 3.8) is 0 Å². The van der Waals surface area contributed by atoms with Crippen molar-refractivity contribution in [2.75, 3.05) is 0 Å². The lowest BCUT2D eigenvalue weighted by Gasteiger charge is -2.07. The molecule has 164 valence electrons. The van der Waals surface area contributed by atoms with E-state index in [1.165, 1.54) is 116 Å². The van der Waals surface area contributed by atoms with Crippen LogP contribution in [0.4, 0.5) is 0 Å². The van der Waals surface area contributed by atoms with Gasteiger partial charge < -0.3 is 10.4 Å². The van der Waals surface area contributed by atoms with Crippen molar-refractivity contribution in [1.29, 1.82) is 0 Å². The summed E-state index contributed by atoms with van der Waals surface area (Å²) in [5.41, 5.74) is 2.04. The Morgan fingerprint density at radius 1 is 0.321 bits per heavy atom. The maximum Gasteiger partial charge on any atom is 0.0570 e. The van der Waals surface area contributed by atoms with Crippen LogP contribution >= 0.6 is 0 Å². The molecule has 2 aliphatic carbocycles. The van der Waals surface area contributed by atoms with Gasteiger partial charge in [-0.2, -0.15) is 0 Å². The molecule has 28 heavy (non-hydrogen) atoms. The van der Waals surface area contributed by atoms with Crippen LogP contribution in [-0.2, 0) is 0 Å². The van der Waals surface area contributed by atoms with E-state index in [1.807, 2.05) is 0 Å². The summed E-state index contributed by atoms with van der Waals surface area (Å²) in [5, 5.41) is 24.4. The molecule has 0 amide bonds. The molecule has 0 aromatic heterocycles. The molecule has 0 atom stereocenters. The molecule has 2 N–H and O–H groups in total. The summed E-state index contributed by atoms with van der Waals surface area (Å²) in [4.78, 5) is 0. The molecule has 2 rings (SSSR count). The molecule has 0 bridgehead atoms. The van der Waals surface area contributed by atoms with Gasteiger partial charge in [-0.25, -0.2) is 0 Å². The van der Waals surface area contributed by atoms with Gasteiger partial charge in [-0.3, -0.25) is 0 Å². The maximum atomic E-state index is 8.78. The summed E-state index contributed by atoms with van der Waals surface area (Å²) in [6.07, 6.45) is 27.9. The second kappa shape index (κ2) is 19.3. The first kappa shape index (κ1) is 25.0. The van der Waals surface area contributed by atoms with Crippen LogP contribution in [0.5, 0.6) is 0 Å². The van der Waals surface area contributed by atoms with Crippen LogP contribution in [0.3, 0.4) is 0 Å². The standard InChI is InChI=1S/2C12H23NO/c2*14-13-12-10-8-6-4-2-1-3-5-7-9-11-12/h2*14H,1-11H2. The van der Waals surface area contributed by atoms with Crippen molar-refractivity contribution in [3.05, 3.63) is 0 Å². The van der Waals surface area contributed by atoms with Crippen molar-refractivity contribution >= 4 is 11.4 Å². The molecule has 4 heteroatoms. The minimum Gasteiger partial charge on any atom is -0.411 e. The van der Waals surface area contributed by atoms with E-state index >= 15 is 0 Å². The SMILES string of the molecule is ON=C1CCCCCCCCCCC1.ON=C1CCCCCCCCCCC1. The van der Waals surface area contributed by atoms with E-state index in [2.05, 4.69) is 10.3 Å². The third-order valence-corrected chi connectivity index (χ3v) is 6.14. The van der Waals surface area contributed by atoms with Gasteiger partial charge in [0.15, 0.2) is 0 Å². The molecule has 0 heterocycles. The average molecular weight is 395 g/mol. The third kappa shape index (κ3) is 14.9. The first-order chi connectivity index (χ1) is 13.9. The minimum atomic E-state index is 1.01. The summed E-state index contributed by atoms with van der Waals surface area (Å²) in [6, 6.07) is 0. The summed E-state index contributed by atoms with van der Waals surface area (Å²) in [7, 11) is 0. The zero-order chi connectivity index (χ0) is 20.1. The van der Waals surface area contributed by atoms with Gasteiger partial charge in [0.25, 0.3) is 0 Å². The molecule has 0 radical (unpaired) electrons. The number of oxime groups is 2. The van der Waals surface area contributed by atoms with Crippen LogP contribution in [0.1, 0.15) is 141 Å². The largest absolute Gasteiger partial charge is 0.411 e. The van der Waals surface area contributed by atoms with Gasteiger partial charge in [0.2, 0.25) is 0 Å². The molecule has 4 nitrogen and oxygen atoms in total. The molecule has 0 spiro atoms. The van der Waals surface area contributed by atoms with E-state index in [1.54, 1.807) is 0 Å². The minimum absolute atomic E-state index is 1.01. The number of nitrogens with zero attached hydrogens (tertiary/aromatic N) is 2. The van der Waals surface area contributed by atoms with Crippen molar-refractivity contribution in [2.24, 2.45) is 10.3 Å². The highest BCUT2D eigenvalue weighted by Crippen LogP contribution is 2.16. The van der Waals surface area contributed by atoms with Crippen LogP contribution in [0.25, 0.3) is 0 Å². The summed E-state index contributed by atoms with van der Waals surface area (Å²) in [6.45, 7) is 0. The second-order valence-corrected chi connectivity index (χ2v) is 8.70. The lowest BCUT2D eigenvalue weighted by molar-refractivity contribution is 0.315. The molecule has 2 fully saturated rings. The van der Waals surface area contributed by atoms with Gasteiger partial charge in [0, 0.05) is 0 Å². The van der Waals surface area contributed by atoms with E-state index in [-0.39, 0.29) is 0 Å². The first-order valence-corrected chi connectivity index (χ1v) is 12.3. The predicted octanol–water partition coefficient (Wildman–Crippen LogP) is 8.24. The Morgan fingerprint density at radius 2 is 0.500 bits per heavy atom. The van der Waals surface area contributed by atoms with E-state index < -0.39 is 0 Å². The van der Waals surface area contributed by atoms with Gasteiger partial charge in [-0.1, -0.05) is 100 Å². The highest BCUT2D eigenvalue weighted by molar-refractivity contribution is 5.84. The molecule has 2 aliphatic rings. The van der Waals surface area contributed by atoms with E-state index in [0.717, 1.165) is 37.1 Å². The van der Waals surface area contributed by atoms with Gasteiger partial charge in [-0.05, 0) is 51.4 Å². The Kier molecular flexibility index (Phi) is 17.2. The van der Waals surface area contributed by atoms with Crippen LogP contribution in [-0.4, -0.2) is 21.8 Å². The zero-order valence-electron chi connectivity index (χ0n) is 18.3. The Bertz CT molecular complexity index is 341. The molecular formula is C24H46N2O2. The highest BCUT2D eigenvalue weighted by atomic mass is 16.4. The summed E-state index contributed by atoms with van der Waals surface area (Å²) in [5.74, 6) is 0. The lowest BCUT2D eigenvalue weighted by atomic mass is 10.00. The van der Waals surface area contributed by atoms with Gasteiger partial charge in [-0.15, -0.1) is 0 Å². The van der Waals surface area contributed by atoms with Crippen LogP contribution in [0.2, 0.25) is 0 Å². The Labute approximate surface area is 173 Å². The molecule has 0 saturated heterocycles. The lowest BCUT2D eigenvalue weighted by Crippen LogP contribution is -1.99. The Balaban J connectivity index is 0.000000280. The van der Waals surface area contributed by atoms with Crippen molar-refractivity contribution < 1.29 is 10.4 Å². The highest BCUT2D eigenvalue weighted by Gasteiger charge is 2.03. The number of hydrogen-bond acceptors (Lipinski definition) is 4. The fraction of sp³-hybridized carbons (Fsp3) is 0.917. The third-order valence-electron chi connectivity index (χ3n) is 6.14. The molecule has 0 unspecified atom stereocenters. The van der Waals surface area contributed by atoms with Crippen LogP contribution in [0, 0.1) is 0 Å². The molecular weight excluding hydrogens is 348 g/mol. The molecule has 0 aliphatic heterocycles. The Morgan fingerprint density at radius 3 is 0.679 bits per heavy atom. The van der Waals surface area contributed by atoms with Crippen molar-refractivity contribution in [3.8, 4) is 0 Å². The topological polar surface area (TPSA) is 65.2 Å². The quantitative estimate of drug-likeness (QED) is 0.321. The second-order valence-electron chi connectivity index (χ2n) is 8.70. The maximum absolute atomic E-state index is 8.78.